The van der Waals surface area contributed by atoms with Crippen LogP contribution in [0.2, 0.25) is 0 Å². The normalized spacial score (nSPS) is 13.5. The van der Waals surface area contributed by atoms with Crippen LogP contribution in [0.15, 0.2) is 60.7 Å². The topological polar surface area (TPSA) is 177 Å². The van der Waals surface area contributed by atoms with Crippen LogP contribution in [0.4, 0.5) is 4.79 Å². The summed E-state index contributed by atoms with van der Waals surface area (Å²) in [6, 6.07) is 13.6. The molecule has 4 amide bonds. The fourth-order valence-corrected chi connectivity index (χ4v) is 4.44. The molecule has 0 spiro atoms. The van der Waals surface area contributed by atoms with E-state index in [0.717, 1.165) is 10.5 Å². The summed E-state index contributed by atoms with van der Waals surface area (Å²) < 4.78 is 10.9. The average Bonchev–Trinajstić information content (AvgIpc) is 2.93. The molecule has 12 nitrogen and oxygen atoms in total. The summed E-state index contributed by atoms with van der Waals surface area (Å²) in [6.07, 6.45) is -1.24. The predicted molar refractivity (Wildman–Crippen MR) is 167 cm³/mol. The molecule has 12 heteroatoms. The Kier molecular flexibility index (Phi) is 13.5. The van der Waals surface area contributed by atoms with Gasteiger partial charge in [0.15, 0.2) is 0 Å². The van der Waals surface area contributed by atoms with Gasteiger partial charge in [-0.3, -0.25) is 14.4 Å². The molecule has 0 bridgehead atoms. The zero-order valence-corrected chi connectivity index (χ0v) is 26.9. The second-order valence-corrected chi connectivity index (χ2v) is 12.6. The maximum absolute atomic E-state index is 14.2. The summed E-state index contributed by atoms with van der Waals surface area (Å²) in [7, 11) is 0. The lowest BCUT2D eigenvalue weighted by atomic mass is 10.00. The van der Waals surface area contributed by atoms with Crippen molar-refractivity contribution in [3.63, 3.8) is 0 Å². The number of alkyl carbamates (subject to hydrolysis) is 1. The molecule has 0 fully saturated rings. The van der Waals surface area contributed by atoms with Gasteiger partial charge in [0.1, 0.15) is 29.3 Å². The Bertz CT molecular complexity index is 1290. The third kappa shape index (κ3) is 13.0. The number of carbonyl (C=O) groups is 5. The highest BCUT2D eigenvalue weighted by molar-refractivity contribution is 5.94. The number of carbonyl (C=O) groups excluding carboxylic acids is 5. The highest BCUT2D eigenvalue weighted by atomic mass is 16.6. The molecule has 0 aromatic heterocycles. The smallest absolute Gasteiger partial charge is 0.408 e. The third-order valence-electron chi connectivity index (χ3n) is 6.26. The first-order valence-corrected chi connectivity index (χ1v) is 14.8. The van der Waals surface area contributed by atoms with Crippen LogP contribution in [0.25, 0.3) is 0 Å². The molecule has 0 aliphatic carbocycles. The Morgan fingerprint density at radius 2 is 1.38 bits per heavy atom. The van der Waals surface area contributed by atoms with Crippen LogP contribution >= 0.6 is 0 Å². The number of benzene rings is 2. The predicted octanol–water partition coefficient (Wildman–Crippen LogP) is 2.78. The van der Waals surface area contributed by atoms with Crippen molar-refractivity contribution in [3.05, 3.63) is 71.8 Å². The first-order chi connectivity index (χ1) is 21.0. The standard InChI is InChI=1S/C33H46N4O8/c1-32(2,3)44-30(42)25(21-22-13-9-7-10-14-22)35-28(40)27(23-15-11-8-12-16-23)37(19-20-38)29(41)24(17-18-26(34)39)36-31(43)45-33(4,5)6/h7-16,24-25,27,38H,17-21H2,1-6H3,(H2,34,39)(H,35,40)(H,36,43). The highest BCUT2D eigenvalue weighted by Crippen LogP contribution is 2.24. The van der Waals surface area contributed by atoms with Gasteiger partial charge in [-0.15, -0.1) is 0 Å². The largest absolute Gasteiger partial charge is 0.458 e. The second-order valence-electron chi connectivity index (χ2n) is 12.6. The molecule has 2 aromatic carbocycles. The van der Waals surface area contributed by atoms with E-state index in [4.69, 9.17) is 15.2 Å². The zero-order chi connectivity index (χ0) is 33.8. The number of hydrogen-bond acceptors (Lipinski definition) is 8. The lowest BCUT2D eigenvalue weighted by molar-refractivity contribution is -0.159. The molecule has 0 radical (unpaired) electrons. The van der Waals surface area contributed by atoms with Crippen molar-refractivity contribution in [3.8, 4) is 0 Å². The van der Waals surface area contributed by atoms with Gasteiger partial charge < -0.3 is 35.8 Å². The van der Waals surface area contributed by atoms with Crippen molar-refractivity contribution >= 4 is 29.8 Å². The number of hydrogen-bond donors (Lipinski definition) is 4. The summed E-state index contributed by atoms with van der Waals surface area (Å²) in [5.74, 6) is -2.86. The number of amides is 4. The molecule has 246 valence electrons. The molecule has 0 aliphatic heterocycles. The summed E-state index contributed by atoms with van der Waals surface area (Å²) in [6.45, 7) is 9.24. The molecule has 0 saturated carbocycles. The van der Waals surface area contributed by atoms with Gasteiger partial charge in [-0.05, 0) is 59.1 Å². The molecule has 0 heterocycles. The molecular weight excluding hydrogens is 580 g/mol. The summed E-state index contributed by atoms with van der Waals surface area (Å²) >= 11 is 0. The fraction of sp³-hybridized carbons (Fsp3) is 0.485. The minimum Gasteiger partial charge on any atom is -0.458 e. The van der Waals surface area contributed by atoms with Crippen molar-refractivity contribution in [2.24, 2.45) is 5.73 Å². The van der Waals surface area contributed by atoms with Crippen LogP contribution in [-0.4, -0.2) is 76.2 Å². The van der Waals surface area contributed by atoms with Crippen molar-refractivity contribution < 1.29 is 38.6 Å². The Hall–Kier alpha value is -4.45. The molecule has 0 aliphatic rings. The Balaban J connectivity index is 2.53. The first-order valence-electron chi connectivity index (χ1n) is 14.8. The number of aliphatic hydroxyl groups is 1. The van der Waals surface area contributed by atoms with Gasteiger partial charge in [-0.2, -0.15) is 0 Å². The molecule has 45 heavy (non-hydrogen) atoms. The number of nitrogens with two attached hydrogens (primary N) is 1. The quantitative estimate of drug-likeness (QED) is 0.231. The zero-order valence-electron chi connectivity index (χ0n) is 26.9. The summed E-state index contributed by atoms with van der Waals surface area (Å²) in [5, 5.41) is 15.3. The molecule has 2 rings (SSSR count). The molecular formula is C33H46N4O8. The number of rotatable bonds is 14. The van der Waals surface area contributed by atoms with E-state index in [9.17, 15) is 29.1 Å². The monoisotopic (exact) mass is 626 g/mol. The number of nitrogens with zero attached hydrogens (tertiary/aromatic N) is 1. The number of ether oxygens (including phenoxy) is 2. The minimum absolute atomic E-state index is 0.110. The van der Waals surface area contributed by atoms with Crippen LogP contribution in [0.3, 0.4) is 0 Å². The molecule has 3 unspecified atom stereocenters. The van der Waals surface area contributed by atoms with Gasteiger partial charge in [-0.1, -0.05) is 60.7 Å². The second kappa shape index (κ2) is 16.6. The van der Waals surface area contributed by atoms with E-state index in [1.165, 1.54) is 0 Å². The lowest BCUT2D eigenvalue weighted by Gasteiger charge is -2.35. The van der Waals surface area contributed by atoms with E-state index < -0.39 is 65.7 Å². The van der Waals surface area contributed by atoms with Gasteiger partial charge in [0.05, 0.1) is 6.61 Å². The SMILES string of the molecule is CC(C)(C)OC(=O)NC(CCC(N)=O)C(=O)N(CCO)C(C(=O)NC(Cc1ccccc1)C(=O)OC(C)(C)C)c1ccccc1. The number of nitrogens with one attached hydrogen (secondary N) is 2. The number of aliphatic hydroxyl groups excluding tert-OH is 1. The van der Waals surface area contributed by atoms with E-state index >= 15 is 0 Å². The van der Waals surface area contributed by atoms with E-state index in [1.807, 2.05) is 30.3 Å². The van der Waals surface area contributed by atoms with Gasteiger partial charge in [0.2, 0.25) is 17.7 Å². The maximum atomic E-state index is 14.2. The van der Waals surface area contributed by atoms with Crippen molar-refractivity contribution in [1.29, 1.82) is 0 Å². The van der Waals surface area contributed by atoms with E-state index in [-0.39, 0.29) is 25.8 Å². The molecule has 2 aromatic rings. The Labute approximate surface area is 264 Å². The van der Waals surface area contributed by atoms with Gasteiger partial charge in [0, 0.05) is 19.4 Å². The Morgan fingerprint density at radius 3 is 1.89 bits per heavy atom. The summed E-state index contributed by atoms with van der Waals surface area (Å²) in [4.78, 5) is 67.0. The molecule has 3 atom stereocenters. The van der Waals surface area contributed by atoms with Gasteiger partial charge in [0.25, 0.3) is 0 Å². The van der Waals surface area contributed by atoms with Crippen molar-refractivity contribution in [2.45, 2.75) is 90.1 Å². The van der Waals surface area contributed by atoms with E-state index in [0.29, 0.717) is 5.56 Å². The Morgan fingerprint density at radius 1 is 0.822 bits per heavy atom. The lowest BCUT2D eigenvalue weighted by Crippen LogP contribution is -2.55. The number of esters is 1. The molecule has 5 N–H and O–H groups in total. The van der Waals surface area contributed by atoms with Crippen LogP contribution in [0.5, 0.6) is 0 Å². The fourth-order valence-electron chi connectivity index (χ4n) is 4.44. The molecule has 0 saturated heterocycles. The average molecular weight is 627 g/mol. The van der Waals surface area contributed by atoms with E-state index in [2.05, 4.69) is 10.6 Å². The first kappa shape index (κ1) is 36.7. The van der Waals surface area contributed by atoms with Gasteiger partial charge in [-0.25, -0.2) is 9.59 Å². The van der Waals surface area contributed by atoms with E-state index in [1.54, 1.807) is 71.9 Å². The maximum Gasteiger partial charge on any atom is 0.408 e. The summed E-state index contributed by atoms with van der Waals surface area (Å²) in [5.41, 5.74) is 4.77. The van der Waals surface area contributed by atoms with Crippen LogP contribution in [-0.2, 0) is 35.1 Å². The van der Waals surface area contributed by atoms with Gasteiger partial charge >= 0.3 is 12.1 Å². The van der Waals surface area contributed by atoms with Crippen LogP contribution in [0.1, 0.15) is 71.6 Å². The van der Waals surface area contributed by atoms with Crippen LogP contribution in [0, 0.1) is 0 Å². The van der Waals surface area contributed by atoms with Crippen LogP contribution < -0.4 is 16.4 Å². The van der Waals surface area contributed by atoms with Crippen molar-refractivity contribution in [2.75, 3.05) is 13.2 Å². The minimum atomic E-state index is -1.34. The number of primary amides is 1. The highest BCUT2D eigenvalue weighted by Gasteiger charge is 2.38. The van der Waals surface area contributed by atoms with Crippen molar-refractivity contribution in [1.82, 2.24) is 15.5 Å². The third-order valence-corrected chi connectivity index (χ3v) is 6.26.